The summed E-state index contributed by atoms with van der Waals surface area (Å²) in [6.45, 7) is 11.8. The van der Waals surface area contributed by atoms with E-state index in [0.29, 0.717) is 5.92 Å². The Bertz CT molecular complexity index is 31.4. The molecule has 0 rings (SSSR count). The van der Waals surface area contributed by atoms with E-state index in [1.54, 1.807) is 0 Å². The molecule has 0 aromatic carbocycles. The summed E-state index contributed by atoms with van der Waals surface area (Å²) in [6.07, 6.45) is 1.92. The molecule has 0 aliphatic heterocycles. The highest BCUT2D eigenvalue weighted by Gasteiger charge is 1.73. The van der Waals surface area contributed by atoms with E-state index in [4.69, 9.17) is 0 Å². The number of rotatable bonds is 1. The van der Waals surface area contributed by atoms with Crippen molar-refractivity contribution in [2.75, 3.05) is 0 Å². The van der Waals surface area contributed by atoms with E-state index in [0.717, 1.165) is 0 Å². The second-order valence-electron chi connectivity index (χ2n) is 1.48. The van der Waals surface area contributed by atoms with Crippen LogP contribution in [0.4, 0.5) is 0 Å². The molecular formula is C7H18. The van der Waals surface area contributed by atoms with E-state index >= 15 is 0 Å². The molecule has 0 fully saturated rings. The third-order valence-corrected chi connectivity index (χ3v) is 0.471. The molecule has 0 spiro atoms. The fourth-order valence-corrected chi connectivity index (χ4v) is 0. The first kappa shape index (κ1) is 9.88. The van der Waals surface area contributed by atoms with E-state index < -0.39 is 0 Å². The number of allylic oxidation sites excluding steroid dienone is 1. The van der Waals surface area contributed by atoms with Gasteiger partial charge in [0.05, 0.1) is 0 Å². The molecule has 0 saturated carbocycles. The molecular weight excluding hydrogens is 84.1 g/mol. The van der Waals surface area contributed by atoms with Gasteiger partial charge in [-0.05, 0) is 5.92 Å². The first-order valence-corrected chi connectivity index (χ1v) is 2.90. The number of hydrogen-bond donors (Lipinski definition) is 0. The molecule has 0 bridgehead atoms. The van der Waals surface area contributed by atoms with Crippen LogP contribution in [0.15, 0.2) is 12.7 Å². The second-order valence-corrected chi connectivity index (χ2v) is 1.48. The first-order valence-electron chi connectivity index (χ1n) is 2.90. The third-order valence-electron chi connectivity index (χ3n) is 0.471. The Morgan fingerprint density at radius 2 is 1.57 bits per heavy atom. The fraction of sp³-hybridized carbons (Fsp3) is 0.714. The highest BCUT2D eigenvalue weighted by molar-refractivity contribution is 4.69. The van der Waals surface area contributed by atoms with Crippen LogP contribution in [0.1, 0.15) is 29.1 Å². The molecule has 0 nitrogen and oxygen atoms in total. The molecule has 46 valence electrons. The quantitative estimate of drug-likeness (QED) is 0.446. The van der Waals surface area contributed by atoms with Crippen LogP contribution < -0.4 is 0 Å². The summed E-state index contributed by atoms with van der Waals surface area (Å²) in [5, 5.41) is 0. The molecule has 0 aliphatic carbocycles. The van der Waals surface area contributed by atoms with Crippen LogP contribution in [0.3, 0.4) is 0 Å². The van der Waals surface area contributed by atoms with Crippen molar-refractivity contribution < 1.29 is 1.43 Å². The molecule has 0 amide bonds. The Hall–Kier alpha value is -0.260. The monoisotopic (exact) mass is 102 g/mol. The second kappa shape index (κ2) is 9.22. The van der Waals surface area contributed by atoms with Gasteiger partial charge in [-0.1, -0.05) is 33.8 Å². The van der Waals surface area contributed by atoms with Crippen molar-refractivity contribution in [2.24, 2.45) is 5.92 Å². The van der Waals surface area contributed by atoms with Gasteiger partial charge in [0.1, 0.15) is 0 Å². The lowest BCUT2D eigenvalue weighted by Crippen LogP contribution is -1.71. The lowest BCUT2D eigenvalue weighted by molar-refractivity contribution is 0.835. The van der Waals surface area contributed by atoms with Gasteiger partial charge in [-0.2, -0.15) is 0 Å². The van der Waals surface area contributed by atoms with Crippen LogP contribution in [0, 0.1) is 5.92 Å². The summed E-state index contributed by atoms with van der Waals surface area (Å²) in [7, 11) is 0. The molecule has 0 aromatic heterocycles. The van der Waals surface area contributed by atoms with Crippen molar-refractivity contribution in [3.63, 3.8) is 0 Å². The van der Waals surface area contributed by atoms with Crippen molar-refractivity contribution in [3.8, 4) is 0 Å². The Labute approximate surface area is 48.7 Å². The van der Waals surface area contributed by atoms with Crippen molar-refractivity contribution in [1.82, 2.24) is 0 Å². The largest absolute Gasteiger partial charge is 0.103 e. The van der Waals surface area contributed by atoms with E-state index in [2.05, 4.69) is 20.4 Å². The summed E-state index contributed by atoms with van der Waals surface area (Å²) in [5.41, 5.74) is 0. The highest BCUT2D eigenvalue weighted by atomic mass is 13.8. The summed E-state index contributed by atoms with van der Waals surface area (Å²) in [6, 6.07) is 0. The third kappa shape index (κ3) is 26.5. The van der Waals surface area contributed by atoms with Crippen molar-refractivity contribution in [3.05, 3.63) is 12.7 Å². The smallest absolute Gasteiger partial charge is 0 e. The van der Waals surface area contributed by atoms with Gasteiger partial charge in [0.2, 0.25) is 0 Å². The van der Waals surface area contributed by atoms with Gasteiger partial charge in [-0.3, -0.25) is 0 Å². The minimum atomic E-state index is 0. The van der Waals surface area contributed by atoms with E-state index in [1.165, 1.54) is 0 Å². The van der Waals surface area contributed by atoms with E-state index in [1.807, 2.05) is 19.9 Å². The van der Waals surface area contributed by atoms with E-state index in [9.17, 15) is 0 Å². The average molecular weight is 102 g/mol. The summed E-state index contributed by atoms with van der Waals surface area (Å²) in [4.78, 5) is 0. The maximum absolute atomic E-state index is 3.56. The van der Waals surface area contributed by atoms with Crippen LogP contribution in [0.2, 0.25) is 0 Å². The SMILES string of the molecule is C=CC(C)C.CC.[HH]. The first-order chi connectivity index (χ1) is 3.27. The van der Waals surface area contributed by atoms with Crippen LogP contribution in [-0.4, -0.2) is 0 Å². The standard InChI is InChI=1S/C5H10.C2H6.H2/c1-4-5(2)3;1-2;/h4-5H,1H2,2-3H3;1-2H3;1H. The molecule has 7 heavy (non-hydrogen) atoms. The highest BCUT2D eigenvalue weighted by Crippen LogP contribution is 1.87. The molecule has 0 aliphatic rings. The number of hydrogen-bond acceptors (Lipinski definition) is 0. The van der Waals surface area contributed by atoms with Crippen molar-refractivity contribution in [2.45, 2.75) is 27.7 Å². The normalized spacial score (nSPS) is 7.00. The van der Waals surface area contributed by atoms with Gasteiger partial charge in [0.25, 0.3) is 0 Å². The Balaban J connectivity index is -0.0000000750. The predicted octanol–water partition coefficient (Wildman–Crippen LogP) is 3.10. The zero-order valence-electron chi connectivity index (χ0n) is 5.86. The summed E-state index contributed by atoms with van der Waals surface area (Å²) in [5.74, 6) is 0.648. The van der Waals surface area contributed by atoms with Gasteiger partial charge in [-0.25, -0.2) is 0 Å². The molecule has 0 aromatic rings. The van der Waals surface area contributed by atoms with Crippen molar-refractivity contribution in [1.29, 1.82) is 0 Å². The topological polar surface area (TPSA) is 0 Å². The predicted molar refractivity (Wildman–Crippen MR) is 38.5 cm³/mol. The molecule has 0 radical (unpaired) electrons. The Morgan fingerprint density at radius 3 is 1.57 bits per heavy atom. The minimum Gasteiger partial charge on any atom is -0.103 e. The van der Waals surface area contributed by atoms with Gasteiger partial charge in [0.15, 0.2) is 0 Å². The molecule has 0 saturated heterocycles. The Kier molecular flexibility index (Phi) is 13.0. The lowest BCUT2D eigenvalue weighted by atomic mass is 10.2. The van der Waals surface area contributed by atoms with Crippen molar-refractivity contribution >= 4 is 0 Å². The van der Waals surface area contributed by atoms with E-state index in [-0.39, 0.29) is 1.43 Å². The maximum atomic E-state index is 3.56. The van der Waals surface area contributed by atoms with Crippen LogP contribution >= 0.6 is 0 Å². The average Bonchev–Trinajstić information content (AvgIpc) is 1.73. The Morgan fingerprint density at radius 1 is 1.43 bits per heavy atom. The molecule has 0 heterocycles. The van der Waals surface area contributed by atoms with Gasteiger partial charge in [-0.15, -0.1) is 6.58 Å². The van der Waals surface area contributed by atoms with Crippen LogP contribution in [0.5, 0.6) is 0 Å². The zero-order valence-corrected chi connectivity index (χ0v) is 5.86. The maximum Gasteiger partial charge on any atom is 0 e. The molecule has 0 heteroatoms. The molecule has 0 N–H and O–H groups in total. The lowest BCUT2D eigenvalue weighted by Gasteiger charge is -1.84. The molecule has 0 atom stereocenters. The van der Waals surface area contributed by atoms with Gasteiger partial charge < -0.3 is 0 Å². The van der Waals surface area contributed by atoms with Gasteiger partial charge in [0, 0.05) is 1.43 Å². The van der Waals surface area contributed by atoms with Crippen LogP contribution in [0.25, 0.3) is 0 Å². The summed E-state index contributed by atoms with van der Waals surface area (Å²) < 4.78 is 0. The van der Waals surface area contributed by atoms with Crippen LogP contribution in [-0.2, 0) is 0 Å². The minimum absolute atomic E-state index is 0. The molecule has 0 unspecified atom stereocenters. The zero-order chi connectivity index (χ0) is 6.28. The fourth-order valence-electron chi connectivity index (χ4n) is 0. The summed E-state index contributed by atoms with van der Waals surface area (Å²) >= 11 is 0. The van der Waals surface area contributed by atoms with Gasteiger partial charge >= 0.3 is 0 Å².